The summed E-state index contributed by atoms with van der Waals surface area (Å²) < 4.78 is 29.3. The van der Waals surface area contributed by atoms with Gasteiger partial charge in [0.1, 0.15) is 16.1 Å². The quantitative estimate of drug-likeness (QED) is 0.810. The van der Waals surface area contributed by atoms with Gasteiger partial charge in [-0.15, -0.1) is 11.3 Å². The number of hydrogen-bond acceptors (Lipinski definition) is 5. The first-order valence-electron chi connectivity index (χ1n) is 8.34. The average molecular weight is 417 g/mol. The SMILES string of the molecule is Cc1cc(NC(=O)[C@@H]2CCCN2S(=O)(=O)c2ccc(Cl)s2)n(C(C)C)n1. The lowest BCUT2D eigenvalue weighted by molar-refractivity contribution is -0.119. The van der Waals surface area contributed by atoms with Gasteiger partial charge in [0.15, 0.2) is 0 Å². The fraction of sp³-hybridized carbons (Fsp3) is 0.500. The van der Waals surface area contributed by atoms with Gasteiger partial charge in [0.2, 0.25) is 5.91 Å². The number of sulfonamides is 1. The molecule has 142 valence electrons. The Hall–Kier alpha value is -1.42. The van der Waals surface area contributed by atoms with Crippen LogP contribution in [0, 0.1) is 6.92 Å². The van der Waals surface area contributed by atoms with Gasteiger partial charge in [-0.3, -0.25) is 4.79 Å². The summed E-state index contributed by atoms with van der Waals surface area (Å²) in [6.45, 7) is 6.10. The Balaban J connectivity index is 1.83. The first kappa shape index (κ1) is 19.3. The number of carbonyl (C=O) groups is 1. The van der Waals surface area contributed by atoms with E-state index in [2.05, 4.69) is 10.4 Å². The van der Waals surface area contributed by atoms with E-state index >= 15 is 0 Å². The topological polar surface area (TPSA) is 84.3 Å². The zero-order valence-electron chi connectivity index (χ0n) is 14.8. The van der Waals surface area contributed by atoms with E-state index in [0.29, 0.717) is 29.5 Å². The smallest absolute Gasteiger partial charge is 0.253 e. The van der Waals surface area contributed by atoms with E-state index < -0.39 is 16.1 Å². The first-order valence-corrected chi connectivity index (χ1v) is 11.0. The number of halogens is 1. The standard InChI is InChI=1S/C16H21ClN4O3S2/c1-10(2)21-14(9-11(3)19-21)18-16(22)12-5-4-8-20(12)26(23,24)15-7-6-13(17)25-15/h6-7,9-10,12H,4-5,8H2,1-3H3,(H,18,22)/t12-/m0/s1. The van der Waals surface area contributed by atoms with Crippen LogP contribution >= 0.6 is 22.9 Å². The first-order chi connectivity index (χ1) is 12.2. The molecule has 0 bridgehead atoms. The van der Waals surface area contributed by atoms with Crippen LogP contribution in [-0.2, 0) is 14.8 Å². The molecule has 0 radical (unpaired) electrons. The lowest BCUT2D eigenvalue weighted by Gasteiger charge is -2.23. The molecular weight excluding hydrogens is 396 g/mol. The largest absolute Gasteiger partial charge is 0.309 e. The zero-order chi connectivity index (χ0) is 19.1. The summed E-state index contributed by atoms with van der Waals surface area (Å²) in [5.74, 6) is 0.237. The third kappa shape index (κ3) is 3.66. The Labute approximate surface area is 162 Å². The van der Waals surface area contributed by atoms with Crippen LogP contribution in [0.25, 0.3) is 0 Å². The molecule has 1 saturated heterocycles. The van der Waals surface area contributed by atoms with Gasteiger partial charge < -0.3 is 5.32 Å². The van der Waals surface area contributed by atoms with Crippen molar-refractivity contribution in [2.45, 2.75) is 49.9 Å². The molecule has 0 aliphatic carbocycles. The Bertz CT molecular complexity index is 920. The number of nitrogens with zero attached hydrogens (tertiary/aromatic N) is 3. The highest BCUT2D eigenvalue weighted by molar-refractivity contribution is 7.91. The van der Waals surface area contributed by atoms with E-state index in [1.54, 1.807) is 16.8 Å². The van der Waals surface area contributed by atoms with Crippen molar-refractivity contribution in [2.75, 3.05) is 11.9 Å². The van der Waals surface area contributed by atoms with Crippen molar-refractivity contribution in [3.8, 4) is 0 Å². The number of aromatic nitrogens is 2. The Morgan fingerprint density at radius 3 is 2.77 bits per heavy atom. The second kappa shape index (κ2) is 7.30. The molecule has 1 amide bonds. The minimum atomic E-state index is -3.74. The van der Waals surface area contributed by atoms with Gasteiger partial charge in [-0.1, -0.05) is 11.6 Å². The van der Waals surface area contributed by atoms with Crippen LogP contribution in [0.1, 0.15) is 38.4 Å². The van der Waals surface area contributed by atoms with Crippen LogP contribution in [0.5, 0.6) is 0 Å². The molecule has 3 rings (SSSR count). The zero-order valence-corrected chi connectivity index (χ0v) is 17.2. The van der Waals surface area contributed by atoms with Crippen LogP contribution in [-0.4, -0.2) is 41.0 Å². The lowest BCUT2D eigenvalue weighted by atomic mass is 10.2. The van der Waals surface area contributed by atoms with Crippen LogP contribution < -0.4 is 5.32 Å². The second-order valence-electron chi connectivity index (χ2n) is 6.53. The average Bonchev–Trinajstić information content (AvgIpc) is 3.26. The highest BCUT2D eigenvalue weighted by Crippen LogP contribution is 2.32. The van der Waals surface area contributed by atoms with E-state index in [9.17, 15) is 13.2 Å². The van der Waals surface area contributed by atoms with Gasteiger partial charge in [0.05, 0.1) is 10.0 Å². The summed E-state index contributed by atoms with van der Waals surface area (Å²) in [6.07, 6.45) is 1.12. The molecule has 0 unspecified atom stereocenters. The summed E-state index contributed by atoms with van der Waals surface area (Å²) in [5.41, 5.74) is 0.790. The van der Waals surface area contributed by atoms with Crippen molar-refractivity contribution in [1.29, 1.82) is 0 Å². The highest BCUT2D eigenvalue weighted by Gasteiger charge is 2.40. The third-order valence-corrected chi connectivity index (χ3v) is 7.82. The van der Waals surface area contributed by atoms with Gasteiger partial charge in [0, 0.05) is 18.7 Å². The maximum Gasteiger partial charge on any atom is 0.253 e. The number of rotatable bonds is 5. The van der Waals surface area contributed by atoms with E-state index in [-0.39, 0.29) is 16.2 Å². The molecule has 1 aliphatic rings. The molecule has 0 spiro atoms. The van der Waals surface area contributed by atoms with Crippen molar-refractivity contribution in [3.05, 3.63) is 28.2 Å². The van der Waals surface area contributed by atoms with Gasteiger partial charge >= 0.3 is 0 Å². The molecular formula is C16H21ClN4O3S2. The molecule has 1 atom stereocenters. The summed E-state index contributed by atoms with van der Waals surface area (Å²) in [7, 11) is -3.74. The molecule has 10 heteroatoms. The molecule has 0 saturated carbocycles. The van der Waals surface area contributed by atoms with E-state index in [1.165, 1.54) is 10.4 Å². The van der Waals surface area contributed by atoms with Crippen LogP contribution in [0.3, 0.4) is 0 Å². The predicted octanol–water partition coefficient (Wildman–Crippen LogP) is 3.28. The Morgan fingerprint density at radius 2 is 2.15 bits per heavy atom. The molecule has 1 aliphatic heterocycles. The normalized spacial score (nSPS) is 18.6. The van der Waals surface area contributed by atoms with Gasteiger partial charge in [0.25, 0.3) is 10.0 Å². The maximum atomic E-state index is 12.9. The molecule has 26 heavy (non-hydrogen) atoms. The van der Waals surface area contributed by atoms with Gasteiger partial charge in [-0.25, -0.2) is 13.1 Å². The highest BCUT2D eigenvalue weighted by atomic mass is 35.5. The second-order valence-corrected chi connectivity index (χ2v) is 10.4. The van der Waals surface area contributed by atoms with Gasteiger partial charge in [-0.05, 0) is 45.7 Å². The summed E-state index contributed by atoms with van der Waals surface area (Å²) >= 11 is 6.87. The Kier molecular flexibility index (Phi) is 5.43. The number of thiophene rings is 1. The van der Waals surface area contributed by atoms with E-state index in [4.69, 9.17) is 11.6 Å². The Morgan fingerprint density at radius 1 is 1.42 bits per heavy atom. The fourth-order valence-electron chi connectivity index (χ4n) is 3.05. The van der Waals surface area contributed by atoms with Crippen molar-refractivity contribution in [3.63, 3.8) is 0 Å². The van der Waals surface area contributed by atoms with Crippen molar-refractivity contribution in [1.82, 2.24) is 14.1 Å². The van der Waals surface area contributed by atoms with Gasteiger partial charge in [-0.2, -0.15) is 9.40 Å². The number of hydrogen-bond donors (Lipinski definition) is 1. The number of anilines is 1. The van der Waals surface area contributed by atoms with Crippen molar-refractivity contribution in [2.24, 2.45) is 0 Å². The van der Waals surface area contributed by atoms with Crippen molar-refractivity contribution >= 4 is 44.7 Å². The molecule has 1 N–H and O–H groups in total. The number of amides is 1. The van der Waals surface area contributed by atoms with Crippen LogP contribution in [0.15, 0.2) is 22.4 Å². The van der Waals surface area contributed by atoms with Crippen LogP contribution in [0.2, 0.25) is 4.34 Å². The third-order valence-electron chi connectivity index (χ3n) is 4.22. The number of nitrogens with one attached hydrogen (secondary N) is 1. The summed E-state index contributed by atoms with van der Waals surface area (Å²) in [4.78, 5) is 12.8. The molecule has 2 aromatic heterocycles. The van der Waals surface area contributed by atoms with Crippen molar-refractivity contribution < 1.29 is 13.2 Å². The lowest BCUT2D eigenvalue weighted by Crippen LogP contribution is -2.43. The number of carbonyl (C=O) groups excluding carboxylic acids is 1. The molecule has 3 heterocycles. The number of aryl methyl sites for hydroxylation is 1. The summed E-state index contributed by atoms with van der Waals surface area (Å²) in [6, 6.07) is 4.15. The van der Waals surface area contributed by atoms with E-state index in [0.717, 1.165) is 17.0 Å². The molecule has 2 aromatic rings. The van der Waals surface area contributed by atoms with Crippen LogP contribution in [0.4, 0.5) is 5.82 Å². The minimum Gasteiger partial charge on any atom is -0.309 e. The monoisotopic (exact) mass is 416 g/mol. The molecule has 0 aromatic carbocycles. The molecule has 1 fully saturated rings. The minimum absolute atomic E-state index is 0.0793. The summed E-state index contributed by atoms with van der Waals surface area (Å²) in [5, 5.41) is 7.21. The maximum absolute atomic E-state index is 12.9. The fourth-order valence-corrected chi connectivity index (χ4v) is 6.32. The molecule has 7 nitrogen and oxygen atoms in total. The van der Waals surface area contributed by atoms with E-state index in [1.807, 2.05) is 20.8 Å². The predicted molar refractivity (Wildman–Crippen MR) is 102 cm³/mol.